The summed E-state index contributed by atoms with van der Waals surface area (Å²) in [4.78, 5) is 35.7. The zero-order valence-corrected chi connectivity index (χ0v) is 17.8. The van der Waals surface area contributed by atoms with Crippen LogP contribution in [0.25, 0.3) is 0 Å². The molecule has 1 N–H and O–H groups in total. The number of aromatic nitrogens is 1. The highest BCUT2D eigenvalue weighted by Crippen LogP contribution is 2.24. The molecule has 0 saturated heterocycles. The topological polar surface area (TPSA) is 77.4 Å². The van der Waals surface area contributed by atoms with Gasteiger partial charge in [-0.25, -0.2) is 0 Å². The van der Waals surface area contributed by atoms with Gasteiger partial charge in [0.2, 0.25) is 0 Å². The van der Waals surface area contributed by atoms with Gasteiger partial charge in [0.05, 0.1) is 6.04 Å². The second-order valence-electron chi connectivity index (χ2n) is 7.50. The molecule has 6 nitrogen and oxygen atoms in total. The Kier molecular flexibility index (Phi) is 7.57. The summed E-state index contributed by atoms with van der Waals surface area (Å²) in [6.45, 7) is 9.51. The van der Waals surface area contributed by atoms with E-state index in [1.54, 1.807) is 12.3 Å². The number of nitrogens with one attached hydrogen (secondary N) is 1. The van der Waals surface area contributed by atoms with Crippen LogP contribution < -0.4 is 10.2 Å². The lowest BCUT2D eigenvalue weighted by atomic mass is 9.93. The average Bonchev–Trinajstić information content (AvgIpc) is 2.96. The van der Waals surface area contributed by atoms with Crippen molar-refractivity contribution in [3.63, 3.8) is 0 Å². The first-order valence-corrected chi connectivity index (χ1v) is 10.3. The lowest BCUT2D eigenvalue weighted by Gasteiger charge is -2.23. The van der Waals surface area contributed by atoms with Gasteiger partial charge in [0.25, 0.3) is 5.91 Å². The summed E-state index contributed by atoms with van der Waals surface area (Å²) in [5.41, 5.74) is 2.95. The minimum absolute atomic E-state index is 0.172. The first-order chi connectivity index (χ1) is 13.2. The Labute approximate surface area is 169 Å². The van der Waals surface area contributed by atoms with E-state index in [4.69, 9.17) is 4.74 Å². The van der Waals surface area contributed by atoms with Gasteiger partial charge in [-0.1, -0.05) is 63.3 Å². The molecule has 2 rings (SSSR count). The highest BCUT2D eigenvalue weighted by Gasteiger charge is 2.20. The van der Waals surface area contributed by atoms with Crippen molar-refractivity contribution in [2.45, 2.75) is 53.1 Å². The SMILES string of the molecule is Cc1csc(=O)n1CC(=O)OCC(=O)N[C@@H](c1ccc(C(C)C)cc1)C(C)C. The highest BCUT2D eigenvalue weighted by molar-refractivity contribution is 7.07. The van der Waals surface area contributed by atoms with Crippen molar-refractivity contribution in [1.29, 1.82) is 0 Å². The van der Waals surface area contributed by atoms with Crippen LogP contribution in [0.2, 0.25) is 0 Å². The number of nitrogens with zero attached hydrogens (tertiary/aromatic N) is 1. The second kappa shape index (κ2) is 9.68. The number of carbonyl (C=O) groups excluding carboxylic acids is 2. The van der Waals surface area contributed by atoms with E-state index in [-0.39, 0.29) is 35.9 Å². The van der Waals surface area contributed by atoms with Gasteiger partial charge in [-0.05, 0) is 29.9 Å². The largest absolute Gasteiger partial charge is 0.454 e. The summed E-state index contributed by atoms with van der Waals surface area (Å²) < 4.78 is 6.38. The van der Waals surface area contributed by atoms with Gasteiger partial charge in [0.1, 0.15) is 6.54 Å². The highest BCUT2D eigenvalue weighted by atomic mass is 32.1. The van der Waals surface area contributed by atoms with Gasteiger partial charge >= 0.3 is 10.8 Å². The van der Waals surface area contributed by atoms with Crippen molar-refractivity contribution in [3.05, 3.63) is 56.1 Å². The van der Waals surface area contributed by atoms with E-state index >= 15 is 0 Å². The number of rotatable bonds is 8. The maximum atomic E-state index is 12.3. The molecule has 2 aromatic rings. The van der Waals surface area contributed by atoms with E-state index in [0.29, 0.717) is 11.6 Å². The van der Waals surface area contributed by atoms with Crippen LogP contribution in [-0.2, 0) is 20.9 Å². The third-order valence-corrected chi connectivity index (χ3v) is 5.45. The van der Waals surface area contributed by atoms with Crippen molar-refractivity contribution in [2.24, 2.45) is 5.92 Å². The zero-order valence-electron chi connectivity index (χ0n) is 17.0. The summed E-state index contributed by atoms with van der Waals surface area (Å²) in [6, 6.07) is 8.02. The van der Waals surface area contributed by atoms with E-state index in [2.05, 4.69) is 31.3 Å². The Balaban J connectivity index is 1.93. The number of aryl methyl sites for hydroxylation is 1. The first kappa shape index (κ1) is 21.9. The van der Waals surface area contributed by atoms with Crippen LogP contribution in [0.3, 0.4) is 0 Å². The van der Waals surface area contributed by atoms with Gasteiger partial charge in [-0.2, -0.15) is 0 Å². The van der Waals surface area contributed by atoms with Crippen LogP contribution in [0.15, 0.2) is 34.4 Å². The molecule has 1 aromatic carbocycles. The summed E-state index contributed by atoms with van der Waals surface area (Å²) in [5, 5.41) is 4.62. The Morgan fingerprint density at radius 2 is 1.71 bits per heavy atom. The van der Waals surface area contributed by atoms with Gasteiger partial charge in [0.15, 0.2) is 6.61 Å². The molecule has 0 fully saturated rings. The van der Waals surface area contributed by atoms with Crippen LogP contribution in [0, 0.1) is 12.8 Å². The number of hydrogen-bond donors (Lipinski definition) is 1. The predicted octanol–water partition coefficient (Wildman–Crippen LogP) is 3.40. The van der Waals surface area contributed by atoms with E-state index in [1.807, 2.05) is 26.0 Å². The second-order valence-corrected chi connectivity index (χ2v) is 8.32. The summed E-state index contributed by atoms with van der Waals surface area (Å²) in [6.07, 6.45) is 0. The normalized spacial score (nSPS) is 12.2. The molecule has 28 heavy (non-hydrogen) atoms. The van der Waals surface area contributed by atoms with E-state index in [0.717, 1.165) is 16.9 Å². The van der Waals surface area contributed by atoms with E-state index < -0.39 is 5.97 Å². The Hall–Kier alpha value is -2.41. The van der Waals surface area contributed by atoms with Crippen LogP contribution >= 0.6 is 11.3 Å². The molecule has 0 aliphatic heterocycles. The molecule has 152 valence electrons. The van der Waals surface area contributed by atoms with Crippen LogP contribution in [0.5, 0.6) is 0 Å². The van der Waals surface area contributed by atoms with Crippen LogP contribution in [0.4, 0.5) is 0 Å². The van der Waals surface area contributed by atoms with Crippen LogP contribution in [-0.4, -0.2) is 23.1 Å². The van der Waals surface area contributed by atoms with Crippen LogP contribution in [0.1, 0.15) is 56.5 Å². The minimum atomic E-state index is -0.610. The van der Waals surface area contributed by atoms with Crippen molar-refractivity contribution in [1.82, 2.24) is 9.88 Å². The monoisotopic (exact) mass is 404 g/mol. The van der Waals surface area contributed by atoms with Crippen molar-refractivity contribution >= 4 is 23.2 Å². The molecular formula is C21H28N2O4S. The number of carbonyl (C=O) groups is 2. The predicted molar refractivity (Wildman–Crippen MR) is 111 cm³/mol. The van der Waals surface area contributed by atoms with Gasteiger partial charge in [-0.3, -0.25) is 19.0 Å². The number of benzene rings is 1. The molecule has 0 unspecified atom stereocenters. The number of hydrogen-bond acceptors (Lipinski definition) is 5. The third kappa shape index (κ3) is 5.79. The molecule has 0 aliphatic carbocycles. The van der Waals surface area contributed by atoms with Crippen molar-refractivity contribution in [2.75, 3.05) is 6.61 Å². The van der Waals surface area contributed by atoms with E-state index in [9.17, 15) is 14.4 Å². The number of amides is 1. The molecule has 0 bridgehead atoms. The lowest BCUT2D eigenvalue weighted by molar-refractivity contribution is -0.149. The maximum absolute atomic E-state index is 12.3. The Bertz CT molecular complexity index is 865. The van der Waals surface area contributed by atoms with Gasteiger partial charge in [0, 0.05) is 11.1 Å². The molecule has 1 amide bonds. The van der Waals surface area contributed by atoms with E-state index in [1.165, 1.54) is 10.1 Å². The van der Waals surface area contributed by atoms with Crippen molar-refractivity contribution in [3.8, 4) is 0 Å². The maximum Gasteiger partial charge on any atom is 0.326 e. The molecule has 0 radical (unpaired) electrons. The molecule has 1 aromatic heterocycles. The Morgan fingerprint density at radius 1 is 1.11 bits per heavy atom. The third-order valence-electron chi connectivity index (χ3n) is 4.57. The quantitative estimate of drug-likeness (QED) is 0.684. The molecule has 0 saturated carbocycles. The fraction of sp³-hybridized carbons (Fsp3) is 0.476. The zero-order chi connectivity index (χ0) is 20.8. The number of thiazole rings is 1. The molecular weight excluding hydrogens is 376 g/mol. The smallest absolute Gasteiger partial charge is 0.326 e. The number of esters is 1. The van der Waals surface area contributed by atoms with Crippen molar-refractivity contribution < 1.29 is 14.3 Å². The minimum Gasteiger partial charge on any atom is -0.454 e. The molecule has 1 heterocycles. The molecule has 0 spiro atoms. The average molecular weight is 405 g/mol. The molecule has 0 aliphatic rings. The van der Waals surface area contributed by atoms with Gasteiger partial charge < -0.3 is 10.1 Å². The standard InChI is InChI=1S/C21H28N2O4S/c1-13(2)16-6-8-17(9-7-16)20(14(3)4)22-18(24)11-27-19(25)10-23-15(5)12-28-21(23)26/h6-9,12-14,20H,10-11H2,1-5H3,(H,22,24)/t20-/m1/s1. The number of ether oxygens (including phenoxy) is 1. The molecule has 1 atom stereocenters. The summed E-state index contributed by atoms with van der Waals surface area (Å²) in [7, 11) is 0. The molecule has 7 heteroatoms. The summed E-state index contributed by atoms with van der Waals surface area (Å²) >= 11 is 1.03. The summed E-state index contributed by atoms with van der Waals surface area (Å²) in [5.74, 6) is -0.355. The lowest BCUT2D eigenvalue weighted by Crippen LogP contribution is -2.35. The Morgan fingerprint density at radius 3 is 2.21 bits per heavy atom. The first-order valence-electron chi connectivity index (χ1n) is 9.38. The van der Waals surface area contributed by atoms with Gasteiger partial charge in [-0.15, -0.1) is 0 Å². The fourth-order valence-corrected chi connectivity index (χ4v) is 3.59. The fourth-order valence-electron chi connectivity index (χ4n) is 2.86.